The van der Waals surface area contributed by atoms with Gasteiger partial charge in [0.05, 0.1) is 13.2 Å². The Hall–Kier alpha value is -0.900. The summed E-state index contributed by atoms with van der Waals surface area (Å²) >= 11 is 0. The van der Waals surface area contributed by atoms with Crippen molar-refractivity contribution in [1.29, 1.82) is 0 Å². The Morgan fingerprint density at radius 1 is 1.17 bits per heavy atom. The van der Waals surface area contributed by atoms with E-state index in [9.17, 15) is 0 Å². The van der Waals surface area contributed by atoms with Crippen molar-refractivity contribution in [3.05, 3.63) is 34.9 Å². The summed E-state index contributed by atoms with van der Waals surface area (Å²) in [5.41, 5.74) is 4.07. The molecular formula is C15H24N2O. The highest BCUT2D eigenvalue weighted by Crippen LogP contribution is 2.18. The minimum Gasteiger partial charge on any atom is -0.379 e. The number of likely N-dealkylation sites (N-methyl/N-ethyl adjacent to an activating group) is 1. The summed E-state index contributed by atoms with van der Waals surface area (Å²) in [6.07, 6.45) is 0. The Bertz CT molecular complexity index is 366. The predicted octanol–water partition coefficient (Wildman–Crippen LogP) is 1.90. The van der Waals surface area contributed by atoms with E-state index in [1.165, 1.54) is 16.7 Å². The van der Waals surface area contributed by atoms with Gasteiger partial charge in [-0.3, -0.25) is 4.90 Å². The topological polar surface area (TPSA) is 24.5 Å². The van der Waals surface area contributed by atoms with Gasteiger partial charge in [-0.15, -0.1) is 0 Å². The molecule has 0 saturated carbocycles. The van der Waals surface area contributed by atoms with Crippen LogP contribution < -0.4 is 5.32 Å². The molecule has 0 aliphatic carbocycles. The number of hydrogen-bond donors (Lipinski definition) is 1. The molecule has 0 spiro atoms. The molecule has 3 heteroatoms. The number of benzene rings is 1. The van der Waals surface area contributed by atoms with Gasteiger partial charge >= 0.3 is 0 Å². The molecule has 100 valence electrons. The summed E-state index contributed by atoms with van der Waals surface area (Å²) in [6, 6.07) is 7.20. The molecule has 0 amide bonds. The lowest BCUT2D eigenvalue weighted by Gasteiger charge is -2.30. The van der Waals surface area contributed by atoms with Gasteiger partial charge in [-0.2, -0.15) is 0 Å². The molecule has 0 radical (unpaired) electrons. The van der Waals surface area contributed by atoms with Crippen LogP contribution >= 0.6 is 0 Å². The van der Waals surface area contributed by atoms with Crippen molar-refractivity contribution in [2.75, 3.05) is 39.9 Å². The molecule has 1 heterocycles. The third-order valence-electron chi connectivity index (χ3n) is 3.54. The summed E-state index contributed by atoms with van der Waals surface area (Å²) in [5.74, 6) is 0. The smallest absolute Gasteiger partial charge is 0.0594 e. The monoisotopic (exact) mass is 248 g/mol. The minimum absolute atomic E-state index is 0.404. The molecule has 1 aliphatic rings. The fourth-order valence-corrected chi connectivity index (χ4v) is 2.62. The zero-order valence-corrected chi connectivity index (χ0v) is 11.7. The van der Waals surface area contributed by atoms with E-state index < -0.39 is 0 Å². The number of morpholine rings is 1. The number of nitrogens with one attached hydrogen (secondary N) is 1. The third-order valence-corrected chi connectivity index (χ3v) is 3.54. The van der Waals surface area contributed by atoms with Gasteiger partial charge in [-0.1, -0.05) is 29.3 Å². The first-order chi connectivity index (χ1) is 8.69. The first-order valence-electron chi connectivity index (χ1n) is 6.74. The Morgan fingerprint density at radius 2 is 1.78 bits per heavy atom. The average Bonchev–Trinajstić information content (AvgIpc) is 2.36. The lowest BCUT2D eigenvalue weighted by atomic mass is 10.0. The maximum Gasteiger partial charge on any atom is 0.0594 e. The fourth-order valence-electron chi connectivity index (χ4n) is 2.62. The maximum absolute atomic E-state index is 5.40. The summed E-state index contributed by atoms with van der Waals surface area (Å²) < 4.78 is 5.40. The number of hydrogen-bond acceptors (Lipinski definition) is 3. The number of nitrogens with zero attached hydrogens (tertiary/aromatic N) is 1. The van der Waals surface area contributed by atoms with Gasteiger partial charge in [0.2, 0.25) is 0 Å². The van der Waals surface area contributed by atoms with Crippen LogP contribution in [0.15, 0.2) is 18.2 Å². The molecule has 1 unspecified atom stereocenters. The van der Waals surface area contributed by atoms with Gasteiger partial charge in [-0.25, -0.2) is 0 Å². The summed E-state index contributed by atoms with van der Waals surface area (Å²) in [5, 5.41) is 3.44. The molecule has 1 aliphatic heterocycles. The van der Waals surface area contributed by atoms with Crippen LogP contribution in [-0.2, 0) is 4.74 Å². The van der Waals surface area contributed by atoms with E-state index in [0.29, 0.717) is 6.04 Å². The Labute approximate surface area is 110 Å². The third kappa shape index (κ3) is 3.55. The SMILES string of the molecule is CNC(CN1CCOCC1)c1cc(C)cc(C)c1. The highest BCUT2D eigenvalue weighted by atomic mass is 16.5. The Kier molecular flexibility index (Phi) is 4.75. The van der Waals surface area contributed by atoms with Gasteiger partial charge in [0, 0.05) is 25.7 Å². The van der Waals surface area contributed by atoms with Crippen LogP contribution in [0.2, 0.25) is 0 Å². The molecule has 1 N–H and O–H groups in total. The second kappa shape index (κ2) is 6.32. The van der Waals surface area contributed by atoms with Gasteiger partial charge in [0.15, 0.2) is 0 Å². The Balaban J connectivity index is 2.06. The zero-order valence-electron chi connectivity index (χ0n) is 11.7. The molecule has 1 aromatic rings. The van der Waals surface area contributed by atoms with E-state index in [0.717, 1.165) is 32.8 Å². The second-order valence-corrected chi connectivity index (χ2v) is 5.18. The average molecular weight is 248 g/mol. The van der Waals surface area contributed by atoms with Crippen LogP contribution in [0.25, 0.3) is 0 Å². The van der Waals surface area contributed by atoms with Crippen LogP contribution in [0, 0.1) is 13.8 Å². The van der Waals surface area contributed by atoms with Crippen LogP contribution in [0.4, 0.5) is 0 Å². The van der Waals surface area contributed by atoms with Crippen molar-refractivity contribution < 1.29 is 4.74 Å². The van der Waals surface area contributed by atoms with Gasteiger partial charge in [-0.05, 0) is 26.5 Å². The van der Waals surface area contributed by atoms with Crippen LogP contribution in [0.5, 0.6) is 0 Å². The molecule has 18 heavy (non-hydrogen) atoms. The van der Waals surface area contributed by atoms with Crippen molar-refractivity contribution in [3.8, 4) is 0 Å². The number of rotatable bonds is 4. The molecule has 1 fully saturated rings. The maximum atomic E-state index is 5.40. The van der Waals surface area contributed by atoms with E-state index in [2.05, 4.69) is 42.3 Å². The molecular weight excluding hydrogens is 224 g/mol. The zero-order chi connectivity index (χ0) is 13.0. The van der Waals surface area contributed by atoms with Crippen molar-refractivity contribution in [1.82, 2.24) is 10.2 Å². The van der Waals surface area contributed by atoms with E-state index in [1.807, 2.05) is 7.05 Å². The highest BCUT2D eigenvalue weighted by Gasteiger charge is 2.17. The van der Waals surface area contributed by atoms with Crippen molar-refractivity contribution in [2.24, 2.45) is 0 Å². The number of ether oxygens (including phenoxy) is 1. The molecule has 2 rings (SSSR count). The lowest BCUT2D eigenvalue weighted by molar-refractivity contribution is 0.0338. The van der Waals surface area contributed by atoms with Gasteiger partial charge in [0.25, 0.3) is 0 Å². The molecule has 0 bridgehead atoms. The van der Waals surface area contributed by atoms with E-state index in [-0.39, 0.29) is 0 Å². The summed E-state index contributed by atoms with van der Waals surface area (Å²) in [6.45, 7) is 9.21. The quantitative estimate of drug-likeness (QED) is 0.881. The first kappa shape index (κ1) is 13.5. The summed E-state index contributed by atoms with van der Waals surface area (Å²) in [7, 11) is 2.04. The second-order valence-electron chi connectivity index (χ2n) is 5.18. The molecule has 1 aromatic carbocycles. The molecule has 0 aromatic heterocycles. The van der Waals surface area contributed by atoms with Crippen LogP contribution in [-0.4, -0.2) is 44.8 Å². The highest BCUT2D eigenvalue weighted by molar-refractivity contribution is 5.30. The molecule has 1 atom stereocenters. The standard InChI is InChI=1S/C15H24N2O/c1-12-8-13(2)10-14(9-12)15(16-3)11-17-4-6-18-7-5-17/h8-10,15-16H,4-7,11H2,1-3H3. The fraction of sp³-hybridized carbons (Fsp3) is 0.600. The largest absolute Gasteiger partial charge is 0.379 e. The van der Waals surface area contributed by atoms with Crippen molar-refractivity contribution in [3.63, 3.8) is 0 Å². The van der Waals surface area contributed by atoms with E-state index >= 15 is 0 Å². The molecule has 3 nitrogen and oxygen atoms in total. The number of aryl methyl sites for hydroxylation is 2. The minimum atomic E-state index is 0.404. The van der Waals surface area contributed by atoms with Gasteiger partial charge < -0.3 is 10.1 Å². The van der Waals surface area contributed by atoms with Crippen molar-refractivity contribution >= 4 is 0 Å². The van der Waals surface area contributed by atoms with Crippen molar-refractivity contribution in [2.45, 2.75) is 19.9 Å². The van der Waals surface area contributed by atoms with Crippen LogP contribution in [0.3, 0.4) is 0 Å². The van der Waals surface area contributed by atoms with E-state index in [1.54, 1.807) is 0 Å². The predicted molar refractivity (Wildman–Crippen MR) is 75.0 cm³/mol. The Morgan fingerprint density at radius 3 is 2.33 bits per heavy atom. The van der Waals surface area contributed by atoms with Crippen LogP contribution in [0.1, 0.15) is 22.7 Å². The lowest BCUT2D eigenvalue weighted by Crippen LogP contribution is -2.41. The normalized spacial score (nSPS) is 18.8. The first-order valence-corrected chi connectivity index (χ1v) is 6.74. The molecule has 1 saturated heterocycles. The van der Waals surface area contributed by atoms with Gasteiger partial charge in [0.1, 0.15) is 0 Å². The van der Waals surface area contributed by atoms with E-state index in [4.69, 9.17) is 4.74 Å². The summed E-state index contributed by atoms with van der Waals surface area (Å²) in [4.78, 5) is 2.47.